The molecule has 0 atom stereocenters. The number of hydrogen-bond acceptors (Lipinski definition) is 6. The molecule has 0 unspecified atom stereocenters. The van der Waals surface area contributed by atoms with E-state index in [-0.39, 0.29) is 18.4 Å². The summed E-state index contributed by atoms with van der Waals surface area (Å²) in [4.78, 5) is 11.5. The van der Waals surface area contributed by atoms with Gasteiger partial charge in [-0.2, -0.15) is 8.42 Å². The van der Waals surface area contributed by atoms with Crippen molar-refractivity contribution in [1.82, 2.24) is 20.2 Å². The first-order chi connectivity index (χ1) is 10.3. The molecule has 0 aliphatic rings. The quantitative estimate of drug-likeness (QED) is 0.824. The second kappa shape index (κ2) is 6.18. The van der Waals surface area contributed by atoms with Gasteiger partial charge in [0.05, 0.1) is 4.90 Å². The molecule has 10 heteroatoms. The number of halogens is 1. The van der Waals surface area contributed by atoms with E-state index < -0.39 is 15.1 Å². The summed E-state index contributed by atoms with van der Waals surface area (Å²) in [6.45, 7) is 3.72. The number of nitrogens with zero attached hydrogens (tertiary/aromatic N) is 4. The molecule has 2 aromatic rings. The maximum atomic E-state index is 12.7. The Bertz CT molecular complexity index is 770. The molecule has 2 rings (SSSR count). The number of amides is 1. The van der Waals surface area contributed by atoms with Crippen molar-refractivity contribution in [3.63, 3.8) is 0 Å². The van der Waals surface area contributed by atoms with Crippen LogP contribution in [0.2, 0.25) is 0 Å². The predicted molar refractivity (Wildman–Crippen MR) is 75.3 cm³/mol. The first-order valence-electron chi connectivity index (χ1n) is 6.38. The molecule has 1 aromatic carbocycles. The van der Waals surface area contributed by atoms with Crippen LogP contribution >= 0.6 is 0 Å². The minimum atomic E-state index is -4.75. The molecule has 0 saturated heterocycles. The highest BCUT2D eigenvalue weighted by Crippen LogP contribution is 2.16. The van der Waals surface area contributed by atoms with Crippen molar-refractivity contribution in [2.75, 3.05) is 5.32 Å². The predicted octanol–water partition coefficient (Wildman–Crippen LogP) is 1.09. The Hall–Kier alpha value is -2.36. The molecule has 1 N–H and O–H groups in total. The zero-order chi connectivity index (χ0) is 16.3. The van der Waals surface area contributed by atoms with Gasteiger partial charge in [-0.05, 0) is 34.7 Å². The van der Waals surface area contributed by atoms with Crippen LogP contribution in [-0.4, -0.2) is 34.5 Å². The van der Waals surface area contributed by atoms with E-state index >= 15 is 0 Å². The fourth-order valence-corrected chi connectivity index (χ4v) is 2.24. The lowest BCUT2D eigenvalue weighted by Crippen LogP contribution is -2.21. The highest BCUT2D eigenvalue weighted by molar-refractivity contribution is 7.86. The molecule has 0 bridgehead atoms. The van der Waals surface area contributed by atoms with Gasteiger partial charge in [-0.25, -0.2) is 4.68 Å². The molecule has 1 amide bonds. The number of carbonyl (C=O) groups is 1. The third-order valence-corrected chi connectivity index (χ3v) is 3.62. The monoisotopic (exact) mass is 327 g/mol. The second-order valence-electron chi connectivity index (χ2n) is 4.86. The van der Waals surface area contributed by atoms with Crippen molar-refractivity contribution in [3.05, 3.63) is 30.1 Å². The third-order valence-electron chi connectivity index (χ3n) is 2.79. The molecule has 22 heavy (non-hydrogen) atoms. The van der Waals surface area contributed by atoms with Crippen molar-refractivity contribution in [2.24, 2.45) is 0 Å². The van der Waals surface area contributed by atoms with E-state index in [1.165, 1.54) is 16.8 Å². The Morgan fingerprint density at radius 3 is 2.50 bits per heavy atom. The van der Waals surface area contributed by atoms with Gasteiger partial charge in [0.25, 0.3) is 0 Å². The molecule has 0 fully saturated rings. The number of benzene rings is 1. The van der Waals surface area contributed by atoms with Crippen LogP contribution in [0.1, 0.15) is 25.6 Å². The molecule has 1 heterocycles. The van der Waals surface area contributed by atoms with Crippen molar-refractivity contribution < 1.29 is 17.1 Å². The summed E-state index contributed by atoms with van der Waals surface area (Å²) in [7, 11) is -4.75. The summed E-state index contributed by atoms with van der Waals surface area (Å²) in [5.41, 5.74) is 0.344. The second-order valence-corrected chi connectivity index (χ2v) is 6.21. The number of carbonyl (C=O) groups excluding carboxylic acids is 1. The topological polar surface area (TPSA) is 107 Å². The highest BCUT2D eigenvalue weighted by atomic mass is 32.3. The zero-order valence-electron chi connectivity index (χ0n) is 11.9. The van der Waals surface area contributed by atoms with Crippen molar-refractivity contribution >= 4 is 21.8 Å². The normalized spacial score (nSPS) is 11.6. The maximum absolute atomic E-state index is 12.7. The summed E-state index contributed by atoms with van der Waals surface area (Å²) in [5, 5.41) is 13.6. The number of nitrogens with one attached hydrogen (secondary N) is 1. The number of hydrogen-bond donors (Lipinski definition) is 1. The third kappa shape index (κ3) is 3.85. The van der Waals surface area contributed by atoms with E-state index in [4.69, 9.17) is 0 Å². The maximum Gasteiger partial charge on any atom is 0.332 e. The molecule has 1 aromatic heterocycles. The number of rotatable bonds is 5. The van der Waals surface area contributed by atoms with E-state index in [0.717, 1.165) is 12.1 Å². The van der Waals surface area contributed by atoms with Crippen LogP contribution in [-0.2, 0) is 21.6 Å². The zero-order valence-corrected chi connectivity index (χ0v) is 12.7. The fourth-order valence-electron chi connectivity index (χ4n) is 1.78. The largest absolute Gasteiger partial charge is 0.332 e. The van der Waals surface area contributed by atoms with Crippen molar-refractivity contribution in [3.8, 4) is 0 Å². The number of aromatic nitrogens is 4. The highest BCUT2D eigenvalue weighted by Gasteiger charge is 2.14. The lowest BCUT2D eigenvalue weighted by atomic mass is 10.2. The first-order valence-corrected chi connectivity index (χ1v) is 7.76. The van der Waals surface area contributed by atoms with E-state index in [2.05, 4.69) is 20.8 Å². The lowest BCUT2D eigenvalue weighted by Gasteiger charge is -2.08. The van der Waals surface area contributed by atoms with Gasteiger partial charge < -0.3 is 5.32 Å². The molecule has 0 saturated carbocycles. The molecule has 0 aliphatic heterocycles. The molecule has 8 nitrogen and oxygen atoms in total. The standard InChI is InChI=1S/C12H14FN5O3S/c1-8(2)12-15-16-17-18(12)7-11(19)14-9-3-5-10(6-4-9)22(13,20)21/h3-6,8H,7H2,1-2H3,(H,14,19). The summed E-state index contributed by atoms with van der Waals surface area (Å²) in [5.74, 6) is 0.260. The van der Waals surface area contributed by atoms with Crippen LogP contribution in [0.25, 0.3) is 0 Å². The van der Waals surface area contributed by atoms with Gasteiger partial charge in [0.15, 0.2) is 5.82 Å². The minimum Gasteiger partial charge on any atom is -0.324 e. The first kappa shape index (κ1) is 16.0. The molecule has 118 valence electrons. The van der Waals surface area contributed by atoms with Gasteiger partial charge in [0.2, 0.25) is 5.91 Å². The Kier molecular flexibility index (Phi) is 4.50. The molecule has 0 radical (unpaired) electrons. The van der Waals surface area contributed by atoms with Crippen LogP contribution in [0.15, 0.2) is 29.2 Å². The van der Waals surface area contributed by atoms with E-state index in [1.807, 2.05) is 13.8 Å². The SMILES string of the molecule is CC(C)c1nnnn1CC(=O)Nc1ccc(S(=O)(=O)F)cc1. The molecular formula is C12H14FN5O3S. The van der Waals surface area contributed by atoms with E-state index in [0.29, 0.717) is 11.5 Å². The van der Waals surface area contributed by atoms with Crippen LogP contribution < -0.4 is 5.32 Å². The molecule has 0 aliphatic carbocycles. The van der Waals surface area contributed by atoms with Crippen molar-refractivity contribution in [2.45, 2.75) is 31.2 Å². The van der Waals surface area contributed by atoms with Gasteiger partial charge in [0.1, 0.15) is 6.54 Å². The summed E-state index contributed by atoms with van der Waals surface area (Å²) < 4.78 is 35.5. The number of anilines is 1. The van der Waals surface area contributed by atoms with Gasteiger partial charge in [0, 0.05) is 11.6 Å². The Morgan fingerprint density at radius 2 is 1.95 bits per heavy atom. The summed E-state index contributed by atoms with van der Waals surface area (Å²) in [6, 6.07) is 4.74. The Morgan fingerprint density at radius 1 is 1.32 bits per heavy atom. The van der Waals surface area contributed by atoms with Gasteiger partial charge in [-0.15, -0.1) is 8.98 Å². The summed E-state index contributed by atoms with van der Waals surface area (Å²) >= 11 is 0. The van der Waals surface area contributed by atoms with E-state index in [1.54, 1.807) is 0 Å². The van der Waals surface area contributed by atoms with Gasteiger partial charge in [-0.3, -0.25) is 4.79 Å². The van der Waals surface area contributed by atoms with Crippen LogP contribution in [0, 0.1) is 0 Å². The Labute approximate surface area is 126 Å². The fraction of sp³-hybridized carbons (Fsp3) is 0.333. The molecular weight excluding hydrogens is 313 g/mol. The van der Waals surface area contributed by atoms with Gasteiger partial charge >= 0.3 is 10.2 Å². The van der Waals surface area contributed by atoms with Crippen LogP contribution in [0.3, 0.4) is 0 Å². The lowest BCUT2D eigenvalue weighted by molar-refractivity contribution is -0.117. The minimum absolute atomic E-state index is 0.0665. The Balaban J connectivity index is 2.05. The van der Waals surface area contributed by atoms with Crippen LogP contribution in [0.5, 0.6) is 0 Å². The molecule has 0 spiro atoms. The average Bonchev–Trinajstić information content (AvgIpc) is 2.86. The average molecular weight is 327 g/mol. The van der Waals surface area contributed by atoms with Crippen molar-refractivity contribution in [1.29, 1.82) is 0 Å². The van der Waals surface area contributed by atoms with Gasteiger partial charge in [-0.1, -0.05) is 13.8 Å². The van der Waals surface area contributed by atoms with E-state index in [9.17, 15) is 17.1 Å². The number of tetrazole rings is 1. The smallest absolute Gasteiger partial charge is 0.324 e. The van der Waals surface area contributed by atoms with Crippen LogP contribution in [0.4, 0.5) is 9.57 Å². The summed E-state index contributed by atoms with van der Waals surface area (Å²) in [6.07, 6.45) is 0.